The van der Waals surface area contributed by atoms with Crippen LogP contribution in [0.1, 0.15) is 48.8 Å². The molecule has 1 aromatic carbocycles. The first-order valence-corrected chi connectivity index (χ1v) is 10.1. The number of nitrogens with one attached hydrogen (secondary N) is 1. The van der Waals surface area contributed by atoms with Gasteiger partial charge in [-0.3, -0.25) is 4.79 Å². The Hall–Kier alpha value is -3.49. The van der Waals surface area contributed by atoms with E-state index in [0.29, 0.717) is 11.6 Å². The molecule has 160 valence electrons. The number of carbonyl (C=O) groups excluding carboxylic acids is 1. The summed E-state index contributed by atoms with van der Waals surface area (Å²) in [6.07, 6.45) is 6.14. The largest absolute Gasteiger partial charge is 0.355 e. The average Bonchev–Trinajstić information content (AvgIpc) is 3.30. The maximum Gasteiger partial charge on any atom is 0.258 e. The highest BCUT2D eigenvalue weighted by molar-refractivity contribution is 6.07. The summed E-state index contributed by atoms with van der Waals surface area (Å²) in [6, 6.07) is 3.13. The first kappa shape index (κ1) is 20.8. The van der Waals surface area contributed by atoms with Gasteiger partial charge in [-0.05, 0) is 31.0 Å². The Morgan fingerprint density at radius 2 is 1.77 bits per heavy atom. The Labute approximate surface area is 178 Å². The standard InChI is InChI=1S/C22H22F2N6O/c1-13(2)20-25-10-14(11-26-20)22(31)29-19-18(16-9-15(23)5-6-17(16)24)27-12-28-21(19)30-7-3-4-8-30/h5-6,9-13H,3-4,7-8H2,1-2H3,(H,29,31). The van der Waals surface area contributed by atoms with Crippen molar-refractivity contribution >= 4 is 17.4 Å². The van der Waals surface area contributed by atoms with Gasteiger partial charge in [-0.2, -0.15) is 0 Å². The molecule has 9 heteroatoms. The second-order valence-electron chi connectivity index (χ2n) is 7.68. The molecule has 1 amide bonds. The summed E-state index contributed by atoms with van der Waals surface area (Å²) < 4.78 is 28.4. The van der Waals surface area contributed by atoms with Crippen molar-refractivity contribution in [3.63, 3.8) is 0 Å². The lowest BCUT2D eigenvalue weighted by molar-refractivity contribution is 0.102. The van der Waals surface area contributed by atoms with Crippen LogP contribution in [0.25, 0.3) is 11.3 Å². The SMILES string of the molecule is CC(C)c1ncc(C(=O)Nc2c(-c3cc(F)ccc3F)ncnc2N2CCCC2)cn1. The van der Waals surface area contributed by atoms with Crippen molar-refractivity contribution in [2.75, 3.05) is 23.3 Å². The van der Waals surface area contributed by atoms with Crippen LogP contribution in [0, 0.1) is 11.6 Å². The molecule has 2 aromatic heterocycles. The number of rotatable bonds is 5. The van der Waals surface area contributed by atoms with Crippen LogP contribution in [-0.4, -0.2) is 38.9 Å². The van der Waals surface area contributed by atoms with Crippen LogP contribution < -0.4 is 10.2 Å². The van der Waals surface area contributed by atoms with E-state index < -0.39 is 17.5 Å². The summed E-state index contributed by atoms with van der Waals surface area (Å²) in [7, 11) is 0. The van der Waals surface area contributed by atoms with E-state index in [-0.39, 0.29) is 28.4 Å². The highest BCUT2D eigenvalue weighted by Crippen LogP contribution is 2.36. The number of anilines is 2. The van der Waals surface area contributed by atoms with Gasteiger partial charge in [-0.15, -0.1) is 0 Å². The van der Waals surface area contributed by atoms with Gasteiger partial charge in [0.25, 0.3) is 5.91 Å². The number of aromatic nitrogens is 4. The van der Waals surface area contributed by atoms with E-state index in [1.54, 1.807) is 0 Å². The fourth-order valence-electron chi connectivity index (χ4n) is 3.48. The molecule has 0 spiro atoms. The zero-order valence-electron chi connectivity index (χ0n) is 17.3. The quantitative estimate of drug-likeness (QED) is 0.661. The van der Waals surface area contributed by atoms with E-state index in [2.05, 4.69) is 25.3 Å². The van der Waals surface area contributed by atoms with E-state index in [9.17, 15) is 13.6 Å². The number of carbonyl (C=O) groups is 1. The molecule has 0 unspecified atom stereocenters. The lowest BCUT2D eigenvalue weighted by atomic mass is 10.1. The number of benzene rings is 1. The predicted molar refractivity (Wildman–Crippen MR) is 113 cm³/mol. The molecule has 0 atom stereocenters. The van der Waals surface area contributed by atoms with Gasteiger partial charge in [0, 0.05) is 37.0 Å². The minimum Gasteiger partial charge on any atom is -0.355 e. The van der Waals surface area contributed by atoms with E-state index in [0.717, 1.165) is 44.1 Å². The molecule has 0 bridgehead atoms. The predicted octanol–water partition coefficient (Wildman–Crippen LogP) is 4.19. The van der Waals surface area contributed by atoms with Crippen molar-refractivity contribution in [2.45, 2.75) is 32.6 Å². The van der Waals surface area contributed by atoms with Crippen molar-refractivity contribution in [3.8, 4) is 11.3 Å². The van der Waals surface area contributed by atoms with E-state index in [1.165, 1.54) is 18.7 Å². The number of hydrogen-bond donors (Lipinski definition) is 1. The average molecular weight is 424 g/mol. The Kier molecular flexibility index (Phi) is 5.83. The summed E-state index contributed by atoms with van der Waals surface area (Å²) in [5.74, 6) is -0.507. The van der Waals surface area contributed by atoms with Gasteiger partial charge in [0.2, 0.25) is 0 Å². The number of amides is 1. The summed E-state index contributed by atoms with van der Waals surface area (Å²) in [4.78, 5) is 31.9. The molecule has 1 saturated heterocycles. The van der Waals surface area contributed by atoms with E-state index in [4.69, 9.17) is 0 Å². The Morgan fingerprint density at radius 1 is 1.06 bits per heavy atom. The van der Waals surface area contributed by atoms with Crippen LogP contribution in [-0.2, 0) is 0 Å². The second-order valence-corrected chi connectivity index (χ2v) is 7.68. The van der Waals surface area contributed by atoms with Gasteiger partial charge >= 0.3 is 0 Å². The monoisotopic (exact) mass is 424 g/mol. The van der Waals surface area contributed by atoms with Crippen LogP contribution in [0.3, 0.4) is 0 Å². The highest BCUT2D eigenvalue weighted by atomic mass is 19.1. The second kappa shape index (κ2) is 8.71. The third kappa shape index (κ3) is 4.35. The van der Waals surface area contributed by atoms with Crippen LogP contribution >= 0.6 is 0 Å². The maximum absolute atomic E-state index is 14.6. The Morgan fingerprint density at radius 3 is 2.45 bits per heavy atom. The number of nitrogens with zero attached hydrogens (tertiary/aromatic N) is 5. The first-order valence-electron chi connectivity index (χ1n) is 10.1. The van der Waals surface area contributed by atoms with Crippen LogP contribution in [0.5, 0.6) is 0 Å². The lowest BCUT2D eigenvalue weighted by Gasteiger charge is -2.22. The van der Waals surface area contributed by atoms with Gasteiger partial charge in [-0.25, -0.2) is 28.7 Å². The van der Waals surface area contributed by atoms with Crippen molar-refractivity contribution in [2.24, 2.45) is 0 Å². The zero-order valence-corrected chi connectivity index (χ0v) is 17.3. The summed E-state index contributed by atoms with van der Waals surface area (Å²) in [5.41, 5.74) is 0.532. The van der Waals surface area contributed by atoms with Crippen molar-refractivity contribution < 1.29 is 13.6 Å². The zero-order chi connectivity index (χ0) is 22.0. The molecule has 3 heterocycles. The molecule has 1 aliphatic heterocycles. The van der Waals surface area contributed by atoms with Crippen LogP contribution in [0.4, 0.5) is 20.3 Å². The molecule has 31 heavy (non-hydrogen) atoms. The van der Waals surface area contributed by atoms with Gasteiger partial charge in [0.05, 0.1) is 5.56 Å². The van der Waals surface area contributed by atoms with Crippen LogP contribution in [0.2, 0.25) is 0 Å². The van der Waals surface area contributed by atoms with Crippen LogP contribution in [0.15, 0.2) is 36.9 Å². The molecular weight excluding hydrogens is 402 g/mol. The maximum atomic E-state index is 14.6. The number of hydrogen-bond acceptors (Lipinski definition) is 6. The molecule has 7 nitrogen and oxygen atoms in total. The molecule has 1 fully saturated rings. The van der Waals surface area contributed by atoms with Crippen molar-refractivity contribution in [1.29, 1.82) is 0 Å². The van der Waals surface area contributed by atoms with E-state index in [1.807, 2.05) is 18.7 Å². The van der Waals surface area contributed by atoms with Crippen molar-refractivity contribution in [1.82, 2.24) is 19.9 Å². The Bertz CT molecular complexity index is 1100. The molecule has 1 aliphatic rings. The van der Waals surface area contributed by atoms with Gasteiger partial charge in [-0.1, -0.05) is 13.8 Å². The lowest BCUT2D eigenvalue weighted by Crippen LogP contribution is -2.23. The number of halogens is 2. The third-order valence-electron chi connectivity index (χ3n) is 5.11. The summed E-state index contributed by atoms with van der Waals surface area (Å²) in [5, 5.41) is 2.79. The fraction of sp³-hybridized carbons (Fsp3) is 0.318. The minimum atomic E-state index is -0.646. The molecule has 1 N–H and O–H groups in total. The third-order valence-corrected chi connectivity index (χ3v) is 5.11. The highest BCUT2D eigenvalue weighted by Gasteiger charge is 2.24. The summed E-state index contributed by atoms with van der Waals surface area (Å²) in [6.45, 7) is 5.41. The minimum absolute atomic E-state index is 0.0513. The normalized spacial score (nSPS) is 13.6. The molecule has 0 saturated carbocycles. The topological polar surface area (TPSA) is 83.9 Å². The van der Waals surface area contributed by atoms with Crippen molar-refractivity contribution in [3.05, 3.63) is 59.9 Å². The van der Waals surface area contributed by atoms with E-state index >= 15 is 0 Å². The summed E-state index contributed by atoms with van der Waals surface area (Å²) >= 11 is 0. The first-order chi connectivity index (χ1) is 14.9. The fourth-order valence-corrected chi connectivity index (χ4v) is 3.48. The van der Waals surface area contributed by atoms with Gasteiger partial charge in [0.1, 0.15) is 35.2 Å². The van der Waals surface area contributed by atoms with Gasteiger partial charge < -0.3 is 10.2 Å². The smallest absolute Gasteiger partial charge is 0.258 e. The van der Waals surface area contributed by atoms with Gasteiger partial charge in [0.15, 0.2) is 5.82 Å². The Balaban J connectivity index is 1.76. The molecule has 0 radical (unpaired) electrons. The molecular formula is C22H22F2N6O. The molecule has 3 aromatic rings. The molecule has 4 rings (SSSR count). The molecule has 0 aliphatic carbocycles.